The van der Waals surface area contributed by atoms with E-state index >= 15 is 0 Å². The van der Waals surface area contributed by atoms with Crippen LogP contribution in [0.5, 0.6) is 0 Å². The van der Waals surface area contributed by atoms with Gasteiger partial charge in [-0.25, -0.2) is 0 Å². The first kappa shape index (κ1) is 16.3. The number of nitrogens with zero attached hydrogens (tertiary/aromatic N) is 1. The molecule has 0 radical (unpaired) electrons. The molecular weight excluding hydrogens is 278 g/mol. The number of esters is 1. The molecule has 22 heavy (non-hydrogen) atoms. The van der Waals surface area contributed by atoms with Gasteiger partial charge in [0.25, 0.3) is 5.91 Å². The van der Waals surface area contributed by atoms with Gasteiger partial charge in [-0.3, -0.25) is 9.59 Å². The van der Waals surface area contributed by atoms with Crippen molar-refractivity contribution in [2.75, 3.05) is 19.7 Å². The smallest absolute Gasteiger partial charge is 0.306 e. The van der Waals surface area contributed by atoms with Gasteiger partial charge < -0.3 is 9.64 Å². The molecule has 4 nitrogen and oxygen atoms in total. The third-order valence-electron chi connectivity index (χ3n) is 4.15. The van der Waals surface area contributed by atoms with Crippen molar-refractivity contribution < 1.29 is 14.3 Å². The molecule has 118 valence electrons. The zero-order valence-electron chi connectivity index (χ0n) is 13.0. The Morgan fingerprint density at radius 3 is 2.73 bits per heavy atom. The first-order valence-corrected chi connectivity index (χ1v) is 7.78. The average molecular weight is 301 g/mol. The molecule has 0 bridgehead atoms. The second kappa shape index (κ2) is 7.78. The number of carbonyl (C=O) groups is 2. The molecule has 4 heteroatoms. The van der Waals surface area contributed by atoms with Crippen molar-refractivity contribution in [2.45, 2.75) is 19.8 Å². The summed E-state index contributed by atoms with van der Waals surface area (Å²) in [7, 11) is 0. The van der Waals surface area contributed by atoms with Crippen molar-refractivity contribution in [2.24, 2.45) is 11.8 Å². The number of hydrogen-bond acceptors (Lipinski definition) is 3. The van der Waals surface area contributed by atoms with Crippen LogP contribution in [0.1, 0.15) is 30.1 Å². The van der Waals surface area contributed by atoms with Gasteiger partial charge in [-0.1, -0.05) is 24.3 Å². The van der Waals surface area contributed by atoms with Crippen LogP contribution in [0.3, 0.4) is 0 Å². The monoisotopic (exact) mass is 301 g/mol. The van der Waals surface area contributed by atoms with Crippen LogP contribution in [0.2, 0.25) is 0 Å². The predicted octanol–water partition coefficient (Wildman–Crippen LogP) is 2.90. The van der Waals surface area contributed by atoms with Gasteiger partial charge in [-0.2, -0.15) is 0 Å². The molecule has 2 unspecified atom stereocenters. The van der Waals surface area contributed by atoms with Gasteiger partial charge in [0, 0.05) is 25.1 Å². The zero-order valence-corrected chi connectivity index (χ0v) is 13.0. The molecule has 0 N–H and O–H groups in total. The molecule has 1 amide bonds. The number of rotatable bonds is 5. The lowest BCUT2D eigenvalue weighted by Crippen LogP contribution is -2.43. The largest absolute Gasteiger partial charge is 0.466 e. The summed E-state index contributed by atoms with van der Waals surface area (Å²) < 4.78 is 5.03. The van der Waals surface area contributed by atoms with Crippen molar-refractivity contribution in [3.63, 3.8) is 0 Å². The highest BCUT2D eigenvalue weighted by molar-refractivity contribution is 5.94. The van der Waals surface area contributed by atoms with Crippen LogP contribution in [0.4, 0.5) is 0 Å². The summed E-state index contributed by atoms with van der Waals surface area (Å²) in [5, 5.41) is 0. The summed E-state index contributed by atoms with van der Waals surface area (Å²) in [6.07, 6.45) is 3.06. The Labute approximate surface area is 131 Å². The van der Waals surface area contributed by atoms with Gasteiger partial charge in [-0.15, -0.1) is 6.58 Å². The summed E-state index contributed by atoms with van der Waals surface area (Å²) in [4.78, 5) is 26.0. The number of piperidine rings is 1. The van der Waals surface area contributed by atoms with Crippen molar-refractivity contribution >= 4 is 11.9 Å². The third-order valence-corrected chi connectivity index (χ3v) is 4.15. The van der Waals surface area contributed by atoms with Crippen LogP contribution in [0.15, 0.2) is 43.0 Å². The number of ether oxygens (including phenoxy) is 1. The predicted molar refractivity (Wildman–Crippen MR) is 85.4 cm³/mol. The molecule has 2 rings (SSSR count). The number of carbonyl (C=O) groups excluding carboxylic acids is 2. The number of hydrogen-bond donors (Lipinski definition) is 0. The van der Waals surface area contributed by atoms with Crippen LogP contribution < -0.4 is 0 Å². The molecule has 1 fully saturated rings. The molecule has 2 atom stereocenters. The Bertz CT molecular complexity index is 526. The second-order valence-electron chi connectivity index (χ2n) is 5.57. The van der Waals surface area contributed by atoms with Crippen molar-refractivity contribution in [1.29, 1.82) is 0 Å². The van der Waals surface area contributed by atoms with E-state index in [2.05, 4.69) is 6.58 Å². The standard InChI is InChI=1S/C18H23NO3/c1-3-14-13-19(18(21)15-8-6-5-7-9-15)11-10-16(14)12-17(20)22-4-2/h3,5-9,14,16H,1,4,10-13H2,2H3. The minimum atomic E-state index is -0.165. The topological polar surface area (TPSA) is 46.6 Å². The Morgan fingerprint density at radius 2 is 2.09 bits per heavy atom. The van der Waals surface area contributed by atoms with Gasteiger partial charge in [0.05, 0.1) is 6.61 Å². The zero-order chi connectivity index (χ0) is 15.9. The molecule has 0 saturated carbocycles. The first-order valence-electron chi connectivity index (χ1n) is 7.78. The maximum atomic E-state index is 12.5. The third kappa shape index (κ3) is 3.97. The van der Waals surface area contributed by atoms with Crippen LogP contribution in [-0.2, 0) is 9.53 Å². The normalized spacial score (nSPS) is 21.2. The van der Waals surface area contributed by atoms with Gasteiger partial charge in [-0.05, 0) is 37.3 Å². The molecule has 1 aliphatic rings. The van der Waals surface area contributed by atoms with Crippen molar-refractivity contribution in [3.05, 3.63) is 48.6 Å². The fourth-order valence-electron chi connectivity index (χ4n) is 2.93. The summed E-state index contributed by atoms with van der Waals surface area (Å²) in [6.45, 7) is 7.36. The van der Waals surface area contributed by atoms with Crippen LogP contribution in [0, 0.1) is 11.8 Å². The molecule has 0 aliphatic carbocycles. The summed E-state index contributed by atoms with van der Waals surface area (Å²) in [5.41, 5.74) is 0.703. The van der Waals surface area contributed by atoms with Crippen LogP contribution >= 0.6 is 0 Å². The summed E-state index contributed by atoms with van der Waals surface area (Å²) >= 11 is 0. The summed E-state index contributed by atoms with van der Waals surface area (Å²) in [6, 6.07) is 9.29. The van der Waals surface area contributed by atoms with Gasteiger partial charge in [0.2, 0.25) is 0 Å². The van der Waals surface area contributed by atoms with E-state index in [0.29, 0.717) is 31.7 Å². The highest BCUT2D eigenvalue weighted by atomic mass is 16.5. The van der Waals surface area contributed by atoms with E-state index in [9.17, 15) is 9.59 Å². The van der Waals surface area contributed by atoms with Gasteiger partial charge in [0.1, 0.15) is 0 Å². The van der Waals surface area contributed by atoms with E-state index in [-0.39, 0.29) is 23.7 Å². The highest BCUT2D eigenvalue weighted by Gasteiger charge is 2.31. The Hall–Kier alpha value is -2.10. The first-order chi connectivity index (χ1) is 10.7. The minimum absolute atomic E-state index is 0.0436. The second-order valence-corrected chi connectivity index (χ2v) is 5.57. The molecule has 1 heterocycles. The van der Waals surface area contributed by atoms with E-state index in [0.717, 1.165) is 6.42 Å². The maximum Gasteiger partial charge on any atom is 0.306 e. The van der Waals surface area contributed by atoms with Crippen molar-refractivity contribution in [3.8, 4) is 0 Å². The Kier molecular flexibility index (Phi) is 5.75. The molecule has 1 aliphatic heterocycles. The molecule has 0 spiro atoms. The SMILES string of the molecule is C=CC1CN(C(=O)c2ccccc2)CCC1CC(=O)OCC. The molecule has 1 aromatic carbocycles. The van der Waals surface area contributed by atoms with Crippen LogP contribution in [-0.4, -0.2) is 36.5 Å². The lowest BCUT2D eigenvalue weighted by atomic mass is 9.83. The summed E-state index contributed by atoms with van der Waals surface area (Å²) in [5.74, 6) is 0.214. The van der Waals surface area contributed by atoms with E-state index in [1.54, 1.807) is 0 Å². The molecular formula is C18H23NO3. The lowest BCUT2D eigenvalue weighted by molar-refractivity contribution is -0.144. The Balaban J connectivity index is 1.98. The molecule has 1 aromatic rings. The average Bonchev–Trinajstić information content (AvgIpc) is 2.55. The van der Waals surface area contributed by atoms with E-state index in [4.69, 9.17) is 4.74 Å². The van der Waals surface area contributed by atoms with E-state index < -0.39 is 0 Å². The van der Waals surface area contributed by atoms with Crippen LogP contribution in [0.25, 0.3) is 0 Å². The van der Waals surface area contributed by atoms with Gasteiger partial charge >= 0.3 is 5.97 Å². The Morgan fingerprint density at radius 1 is 1.36 bits per heavy atom. The molecule has 1 saturated heterocycles. The fourth-order valence-corrected chi connectivity index (χ4v) is 2.93. The number of benzene rings is 1. The number of likely N-dealkylation sites (tertiary alicyclic amines) is 1. The van der Waals surface area contributed by atoms with E-state index in [1.807, 2.05) is 48.2 Å². The van der Waals surface area contributed by atoms with E-state index in [1.165, 1.54) is 0 Å². The minimum Gasteiger partial charge on any atom is -0.466 e. The molecule has 0 aromatic heterocycles. The van der Waals surface area contributed by atoms with Gasteiger partial charge in [0.15, 0.2) is 0 Å². The lowest BCUT2D eigenvalue weighted by Gasteiger charge is -2.37. The highest BCUT2D eigenvalue weighted by Crippen LogP contribution is 2.28. The van der Waals surface area contributed by atoms with Crippen molar-refractivity contribution in [1.82, 2.24) is 4.90 Å². The fraction of sp³-hybridized carbons (Fsp3) is 0.444. The number of amides is 1. The maximum absolute atomic E-state index is 12.5. The quantitative estimate of drug-likeness (QED) is 0.620.